The molecule has 1 aliphatic rings. The van der Waals surface area contributed by atoms with E-state index in [2.05, 4.69) is 10.6 Å². The smallest absolute Gasteiger partial charge is 0.224 e. The molecule has 0 saturated heterocycles. The van der Waals surface area contributed by atoms with Gasteiger partial charge in [0.25, 0.3) is 0 Å². The first-order valence-electron chi connectivity index (χ1n) is 16.2. The van der Waals surface area contributed by atoms with Crippen molar-refractivity contribution in [1.82, 2.24) is 10.6 Å². The highest BCUT2D eigenvalue weighted by atomic mass is 32.2. The molecule has 2 aromatic rings. The summed E-state index contributed by atoms with van der Waals surface area (Å²) in [6, 6.07) is 17.6. The highest BCUT2D eigenvalue weighted by Crippen LogP contribution is 2.29. The van der Waals surface area contributed by atoms with Crippen LogP contribution in [0.25, 0.3) is 0 Å². The summed E-state index contributed by atoms with van der Waals surface area (Å²) in [6.07, 6.45) is 4.78. The molecule has 2 amide bonds. The second-order valence-corrected chi connectivity index (χ2v) is 15.2. The average Bonchev–Trinajstić information content (AvgIpc) is 2.99. The molecule has 0 aliphatic heterocycles. The van der Waals surface area contributed by atoms with Gasteiger partial charge in [0.2, 0.25) is 11.8 Å². The molecule has 2 aromatic carbocycles. The van der Waals surface area contributed by atoms with Crippen LogP contribution >= 0.6 is 0 Å². The van der Waals surface area contributed by atoms with Gasteiger partial charge in [-0.05, 0) is 42.2 Å². The predicted octanol–water partition coefficient (Wildman–Crippen LogP) is 4.44. The van der Waals surface area contributed by atoms with Crippen LogP contribution in [0.5, 0.6) is 0 Å². The molecule has 1 fully saturated rings. The Morgan fingerprint density at radius 2 is 1.45 bits per heavy atom. The summed E-state index contributed by atoms with van der Waals surface area (Å²) >= 11 is 0. The molecule has 1 aliphatic carbocycles. The number of sulfone groups is 1. The van der Waals surface area contributed by atoms with Crippen LogP contribution in [0.15, 0.2) is 60.7 Å². The van der Waals surface area contributed by atoms with Crippen molar-refractivity contribution in [3.8, 4) is 0 Å². The number of rotatable bonds is 17. The van der Waals surface area contributed by atoms with Gasteiger partial charge in [-0.1, -0.05) is 114 Å². The summed E-state index contributed by atoms with van der Waals surface area (Å²) < 4.78 is 26.3. The van der Waals surface area contributed by atoms with E-state index in [1.54, 1.807) is 31.2 Å². The largest absolute Gasteiger partial charge is 0.390 e. The lowest BCUT2D eigenvalue weighted by atomic mass is 9.82. The fourth-order valence-electron chi connectivity index (χ4n) is 6.09. The Kier molecular flexibility index (Phi) is 14.3. The molecule has 0 radical (unpaired) electrons. The van der Waals surface area contributed by atoms with Crippen molar-refractivity contribution in [1.29, 1.82) is 0 Å². The number of carbonyl (C=O) groups is 2. The van der Waals surface area contributed by atoms with Crippen molar-refractivity contribution in [2.45, 2.75) is 96.1 Å². The molecule has 3 rings (SSSR count). The van der Waals surface area contributed by atoms with Crippen molar-refractivity contribution >= 4 is 21.7 Å². The monoisotopic (exact) mass is 628 g/mol. The second-order valence-electron chi connectivity index (χ2n) is 13.1. The van der Waals surface area contributed by atoms with Crippen LogP contribution in [0.2, 0.25) is 0 Å². The molecule has 1 saturated carbocycles. The summed E-state index contributed by atoms with van der Waals surface area (Å²) in [5, 5.41) is 27.5. The number of benzene rings is 2. The molecule has 0 aromatic heterocycles. The third-order valence-electron chi connectivity index (χ3n) is 8.57. The fourth-order valence-corrected chi connectivity index (χ4v) is 7.79. The van der Waals surface area contributed by atoms with E-state index in [-0.39, 0.29) is 36.3 Å². The quantitative estimate of drug-likeness (QED) is 0.205. The van der Waals surface area contributed by atoms with Gasteiger partial charge in [-0.2, -0.15) is 0 Å². The van der Waals surface area contributed by atoms with E-state index in [9.17, 15) is 28.2 Å². The third-order valence-corrected chi connectivity index (χ3v) is 10.3. The molecule has 0 spiro atoms. The molecule has 0 bridgehead atoms. The zero-order valence-corrected chi connectivity index (χ0v) is 27.3. The van der Waals surface area contributed by atoms with Gasteiger partial charge in [-0.25, -0.2) is 8.42 Å². The average molecular weight is 629 g/mol. The van der Waals surface area contributed by atoms with E-state index in [0.717, 1.165) is 31.2 Å². The minimum absolute atomic E-state index is 0.0233. The minimum atomic E-state index is -3.60. The maximum absolute atomic E-state index is 13.4. The highest BCUT2D eigenvalue weighted by molar-refractivity contribution is 7.90. The van der Waals surface area contributed by atoms with Gasteiger partial charge in [0.1, 0.15) is 6.10 Å². The molecule has 0 heterocycles. The van der Waals surface area contributed by atoms with Crippen LogP contribution in [0.1, 0.15) is 76.8 Å². The normalized spacial score (nSPS) is 17.8. The Bertz CT molecular complexity index is 1250. The summed E-state index contributed by atoms with van der Waals surface area (Å²) in [4.78, 5) is 26.7. The van der Waals surface area contributed by atoms with Crippen LogP contribution in [-0.4, -0.2) is 61.0 Å². The fraction of sp³-hybridized carbons (Fsp3) is 0.600. The molecular formula is C35H52N2O6S. The lowest BCUT2D eigenvalue weighted by Crippen LogP contribution is -2.52. The maximum atomic E-state index is 13.4. The third kappa shape index (κ3) is 12.3. The molecular weight excluding hydrogens is 576 g/mol. The number of aliphatic hydroxyl groups excluding tert-OH is 2. The summed E-state index contributed by atoms with van der Waals surface area (Å²) in [7, 11) is -3.60. The SMILES string of the molecule is CC(C)C[C@H](O)[C@H](O)[C@H](CC1CCCCC1)NC(=O)[C@H](C)CNC(=O)[C@H](Cc1ccccc1)CS(=O)(=O)Cc1ccccc1. The lowest BCUT2D eigenvalue weighted by molar-refractivity contribution is -0.128. The van der Waals surface area contributed by atoms with Crippen LogP contribution in [0, 0.1) is 23.7 Å². The Morgan fingerprint density at radius 1 is 0.864 bits per heavy atom. The first-order valence-corrected chi connectivity index (χ1v) is 18.0. The number of amides is 2. The van der Waals surface area contributed by atoms with Crippen molar-refractivity contribution < 1.29 is 28.2 Å². The first kappa shape index (κ1) is 35.7. The molecule has 0 unspecified atom stereocenters. The standard InChI is InChI=1S/C35H52N2O6S/c1-25(2)19-32(38)33(39)31(21-28-15-9-5-10-16-28)37-34(40)26(3)22-36-35(41)30(20-27-13-7-4-8-14-27)24-44(42,43)23-29-17-11-6-12-18-29/h4,6-8,11-14,17-18,25-26,28,30-33,38-39H,5,9-10,15-16,19-24H2,1-3H3,(H,36,41)(H,37,40)/t26-,30-,31+,32+,33-/m1/s1. The van der Waals surface area contributed by atoms with Crippen LogP contribution < -0.4 is 10.6 Å². The number of nitrogens with one attached hydrogen (secondary N) is 2. The molecule has 8 nitrogen and oxygen atoms in total. The highest BCUT2D eigenvalue weighted by Gasteiger charge is 2.32. The molecule has 244 valence electrons. The summed E-state index contributed by atoms with van der Waals surface area (Å²) in [6.45, 7) is 5.68. The van der Waals surface area contributed by atoms with Crippen LogP contribution in [0.4, 0.5) is 0 Å². The van der Waals surface area contributed by atoms with Crippen LogP contribution in [-0.2, 0) is 31.6 Å². The second kappa shape index (κ2) is 17.7. The maximum Gasteiger partial charge on any atom is 0.224 e. The van der Waals surface area contributed by atoms with Gasteiger partial charge in [0.05, 0.1) is 35.5 Å². The zero-order chi connectivity index (χ0) is 32.1. The lowest BCUT2D eigenvalue weighted by Gasteiger charge is -2.33. The molecule has 4 N–H and O–H groups in total. The summed E-state index contributed by atoms with van der Waals surface area (Å²) in [5.74, 6) is -2.09. The number of hydrogen-bond acceptors (Lipinski definition) is 6. The van der Waals surface area contributed by atoms with E-state index < -0.39 is 45.8 Å². The Hall–Kier alpha value is -2.75. The Labute approximate surface area is 264 Å². The Balaban J connectivity index is 1.65. The van der Waals surface area contributed by atoms with E-state index in [1.165, 1.54) is 6.42 Å². The van der Waals surface area contributed by atoms with Crippen molar-refractivity contribution in [3.63, 3.8) is 0 Å². The topological polar surface area (TPSA) is 133 Å². The van der Waals surface area contributed by atoms with E-state index >= 15 is 0 Å². The predicted molar refractivity (Wildman–Crippen MR) is 174 cm³/mol. The summed E-state index contributed by atoms with van der Waals surface area (Å²) in [5.41, 5.74) is 1.52. The van der Waals surface area contributed by atoms with Gasteiger partial charge >= 0.3 is 0 Å². The van der Waals surface area contributed by atoms with Crippen molar-refractivity contribution in [2.24, 2.45) is 23.7 Å². The van der Waals surface area contributed by atoms with E-state index in [0.29, 0.717) is 24.3 Å². The van der Waals surface area contributed by atoms with Gasteiger partial charge in [-0.15, -0.1) is 0 Å². The van der Waals surface area contributed by atoms with Crippen LogP contribution in [0.3, 0.4) is 0 Å². The molecule has 5 atom stereocenters. The van der Waals surface area contributed by atoms with Gasteiger partial charge in [-0.3, -0.25) is 9.59 Å². The van der Waals surface area contributed by atoms with E-state index in [4.69, 9.17) is 0 Å². The minimum Gasteiger partial charge on any atom is -0.390 e. The number of aliphatic hydroxyl groups is 2. The molecule has 44 heavy (non-hydrogen) atoms. The zero-order valence-electron chi connectivity index (χ0n) is 26.5. The van der Waals surface area contributed by atoms with Gasteiger partial charge in [0.15, 0.2) is 9.84 Å². The van der Waals surface area contributed by atoms with Crippen molar-refractivity contribution in [2.75, 3.05) is 12.3 Å². The van der Waals surface area contributed by atoms with Crippen molar-refractivity contribution in [3.05, 3.63) is 71.8 Å². The number of carbonyl (C=O) groups excluding carboxylic acids is 2. The van der Waals surface area contributed by atoms with Gasteiger partial charge in [0, 0.05) is 6.54 Å². The Morgan fingerprint density at radius 3 is 2.05 bits per heavy atom. The first-order chi connectivity index (χ1) is 20.9. The molecule has 9 heteroatoms. The van der Waals surface area contributed by atoms with Gasteiger partial charge < -0.3 is 20.8 Å². The number of hydrogen-bond donors (Lipinski definition) is 4. The van der Waals surface area contributed by atoms with E-state index in [1.807, 2.05) is 50.2 Å².